The highest BCUT2D eigenvalue weighted by atomic mass is 127. The Morgan fingerprint density at radius 3 is 2.28 bits per heavy atom. The second-order valence-corrected chi connectivity index (χ2v) is 6.89. The Balaban J connectivity index is 2.40. The minimum absolute atomic E-state index is 0.233. The van der Waals surface area contributed by atoms with Crippen molar-refractivity contribution in [3.05, 3.63) is 29.7 Å². The Bertz CT molecular complexity index is 563. The second-order valence-electron chi connectivity index (χ2n) is 3.57. The SMILES string of the molecule is CN1C(=O)S/C(=C\c2cc(I)c(O)c(I)c2)C1=O. The van der Waals surface area contributed by atoms with Crippen LogP contribution >= 0.6 is 56.9 Å². The predicted octanol–water partition coefficient (Wildman–Crippen LogP) is 3.27. The molecule has 0 bridgehead atoms. The summed E-state index contributed by atoms with van der Waals surface area (Å²) >= 11 is 4.97. The first-order chi connectivity index (χ1) is 8.40. The Morgan fingerprint density at radius 2 is 1.83 bits per heavy atom. The predicted molar refractivity (Wildman–Crippen MR) is 87.3 cm³/mol. The molecule has 0 aromatic heterocycles. The van der Waals surface area contributed by atoms with Crippen LogP contribution in [0.25, 0.3) is 6.08 Å². The van der Waals surface area contributed by atoms with Crippen LogP contribution in [-0.2, 0) is 4.79 Å². The number of aromatic hydroxyl groups is 1. The molecule has 94 valence electrons. The fourth-order valence-corrected chi connectivity index (χ4v) is 4.01. The van der Waals surface area contributed by atoms with E-state index in [0.717, 1.165) is 22.2 Å². The summed E-state index contributed by atoms with van der Waals surface area (Å²) in [5, 5.41) is 9.39. The highest BCUT2D eigenvalue weighted by Gasteiger charge is 2.31. The summed E-state index contributed by atoms with van der Waals surface area (Å²) in [5.41, 5.74) is 0.792. The summed E-state index contributed by atoms with van der Waals surface area (Å²) in [5.74, 6) is -0.0555. The lowest BCUT2D eigenvalue weighted by atomic mass is 10.2. The number of imide groups is 1. The Hall–Kier alpha value is -0.290. The summed E-state index contributed by atoms with van der Waals surface area (Å²) < 4.78 is 1.42. The van der Waals surface area contributed by atoms with Gasteiger partial charge in [-0.2, -0.15) is 0 Å². The van der Waals surface area contributed by atoms with Crippen LogP contribution in [0.4, 0.5) is 4.79 Å². The van der Waals surface area contributed by atoms with Gasteiger partial charge in [0.15, 0.2) is 0 Å². The molecule has 2 amide bonds. The zero-order valence-corrected chi connectivity index (χ0v) is 14.2. The minimum Gasteiger partial charge on any atom is -0.506 e. The molecule has 1 aliphatic heterocycles. The number of phenols is 1. The molecule has 1 aromatic carbocycles. The fourth-order valence-electron chi connectivity index (χ4n) is 1.37. The van der Waals surface area contributed by atoms with E-state index in [4.69, 9.17) is 0 Å². The Morgan fingerprint density at radius 1 is 1.28 bits per heavy atom. The lowest BCUT2D eigenvalue weighted by molar-refractivity contribution is -0.121. The van der Waals surface area contributed by atoms with Crippen molar-refractivity contribution in [1.82, 2.24) is 4.90 Å². The first-order valence-electron chi connectivity index (χ1n) is 4.79. The van der Waals surface area contributed by atoms with Gasteiger partial charge in [0.25, 0.3) is 11.1 Å². The second kappa shape index (κ2) is 5.37. The molecule has 0 aliphatic carbocycles. The Kier molecular flexibility index (Phi) is 4.22. The summed E-state index contributed by atoms with van der Waals surface area (Å²) in [7, 11) is 1.46. The zero-order valence-electron chi connectivity index (χ0n) is 9.11. The van der Waals surface area contributed by atoms with Gasteiger partial charge in [0.1, 0.15) is 5.75 Å². The molecule has 2 rings (SSSR count). The number of halogens is 2. The van der Waals surface area contributed by atoms with Gasteiger partial charge >= 0.3 is 0 Å². The molecule has 1 N–H and O–H groups in total. The highest BCUT2D eigenvalue weighted by Crippen LogP contribution is 2.33. The van der Waals surface area contributed by atoms with Crippen molar-refractivity contribution in [3.8, 4) is 5.75 Å². The number of carbonyl (C=O) groups is 2. The van der Waals surface area contributed by atoms with E-state index in [-0.39, 0.29) is 16.9 Å². The van der Waals surface area contributed by atoms with Crippen LogP contribution in [0.15, 0.2) is 17.0 Å². The molecule has 1 fully saturated rings. The van der Waals surface area contributed by atoms with Gasteiger partial charge in [0.05, 0.1) is 12.0 Å². The summed E-state index contributed by atoms with van der Waals surface area (Å²) in [6.45, 7) is 0. The largest absolute Gasteiger partial charge is 0.506 e. The number of nitrogens with zero attached hydrogens (tertiary/aromatic N) is 1. The van der Waals surface area contributed by atoms with Crippen LogP contribution in [-0.4, -0.2) is 28.2 Å². The van der Waals surface area contributed by atoms with Gasteiger partial charge in [-0.15, -0.1) is 0 Å². The van der Waals surface area contributed by atoms with Crippen molar-refractivity contribution in [3.63, 3.8) is 0 Å². The van der Waals surface area contributed by atoms with Crippen LogP contribution < -0.4 is 0 Å². The molecule has 18 heavy (non-hydrogen) atoms. The van der Waals surface area contributed by atoms with E-state index < -0.39 is 0 Å². The lowest BCUT2D eigenvalue weighted by Gasteiger charge is -2.03. The fraction of sp³-hybridized carbons (Fsp3) is 0.0909. The third kappa shape index (κ3) is 2.67. The molecule has 4 nitrogen and oxygen atoms in total. The summed E-state index contributed by atoms with van der Waals surface area (Å²) in [6, 6.07) is 3.53. The maximum Gasteiger partial charge on any atom is 0.293 e. The third-order valence-corrected chi connectivity index (χ3v) is 4.93. The normalized spacial score (nSPS) is 17.9. The van der Waals surface area contributed by atoms with Gasteiger partial charge in [-0.3, -0.25) is 14.5 Å². The minimum atomic E-state index is -0.289. The van der Waals surface area contributed by atoms with Crippen molar-refractivity contribution in [2.45, 2.75) is 0 Å². The third-order valence-electron chi connectivity index (χ3n) is 2.32. The molecule has 1 heterocycles. The first-order valence-corrected chi connectivity index (χ1v) is 7.77. The number of likely N-dealkylation sites (N-methyl/N-ethyl adjacent to an activating group) is 1. The summed E-state index contributed by atoms with van der Waals surface area (Å²) in [6.07, 6.45) is 1.66. The molecule has 0 radical (unpaired) electrons. The van der Waals surface area contributed by atoms with Crippen LogP contribution in [0.3, 0.4) is 0 Å². The molecular formula is C11H7I2NO3S. The number of rotatable bonds is 1. The Labute approximate surface area is 135 Å². The number of hydrogen-bond acceptors (Lipinski definition) is 4. The van der Waals surface area contributed by atoms with Crippen LogP contribution in [0.1, 0.15) is 5.56 Å². The van der Waals surface area contributed by atoms with E-state index in [2.05, 4.69) is 0 Å². The van der Waals surface area contributed by atoms with Crippen molar-refractivity contribution < 1.29 is 14.7 Å². The van der Waals surface area contributed by atoms with E-state index >= 15 is 0 Å². The average molecular weight is 487 g/mol. The molecule has 0 atom stereocenters. The number of carbonyl (C=O) groups excluding carboxylic acids is 2. The molecule has 1 aliphatic rings. The van der Waals surface area contributed by atoms with Gasteiger partial charge in [0, 0.05) is 7.05 Å². The quantitative estimate of drug-likeness (QED) is 0.489. The van der Waals surface area contributed by atoms with Gasteiger partial charge in [-0.25, -0.2) is 0 Å². The average Bonchev–Trinajstić information content (AvgIpc) is 2.54. The maximum atomic E-state index is 11.7. The topological polar surface area (TPSA) is 57.6 Å². The number of hydrogen-bond donors (Lipinski definition) is 1. The maximum absolute atomic E-state index is 11.7. The number of benzene rings is 1. The molecule has 1 saturated heterocycles. The molecule has 7 heteroatoms. The van der Waals surface area contributed by atoms with Crippen LogP contribution in [0, 0.1) is 7.14 Å². The molecular weight excluding hydrogens is 480 g/mol. The van der Waals surface area contributed by atoms with E-state index in [1.807, 2.05) is 45.2 Å². The van der Waals surface area contributed by atoms with Crippen molar-refractivity contribution in [2.24, 2.45) is 0 Å². The van der Waals surface area contributed by atoms with E-state index in [1.54, 1.807) is 18.2 Å². The van der Waals surface area contributed by atoms with E-state index in [1.165, 1.54) is 7.05 Å². The van der Waals surface area contributed by atoms with Gasteiger partial charge in [-0.05, 0) is 80.7 Å². The summed E-state index contributed by atoms with van der Waals surface area (Å²) in [4.78, 5) is 24.6. The molecule has 0 unspecified atom stereocenters. The number of phenolic OH excluding ortho intramolecular Hbond substituents is 1. The van der Waals surface area contributed by atoms with Crippen molar-refractivity contribution >= 4 is 74.2 Å². The van der Waals surface area contributed by atoms with Gasteiger partial charge in [-0.1, -0.05) is 0 Å². The van der Waals surface area contributed by atoms with Crippen LogP contribution in [0.5, 0.6) is 5.75 Å². The molecule has 0 spiro atoms. The van der Waals surface area contributed by atoms with Crippen LogP contribution in [0.2, 0.25) is 0 Å². The molecule has 1 aromatic rings. The highest BCUT2D eigenvalue weighted by molar-refractivity contribution is 14.1. The number of thioether (sulfide) groups is 1. The standard InChI is InChI=1S/C11H7I2NO3S/c1-14-10(16)8(18-11(14)17)4-5-2-6(12)9(15)7(13)3-5/h2-4,15H,1H3/b8-4-. The van der Waals surface area contributed by atoms with Gasteiger partial charge in [0.2, 0.25) is 0 Å². The van der Waals surface area contributed by atoms with E-state index in [0.29, 0.717) is 12.0 Å². The zero-order chi connectivity index (χ0) is 13.4. The van der Waals surface area contributed by atoms with Crippen molar-refractivity contribution in [1.29, 1.82) is 0 Å². The van der Waals surface area contributed by atoms with E-state index in [9.17, 15) is 14.7 Å². The molecule has 0 saturated carbocycles. The lowest BCUT2D eigenvalue weighted by Crippen LogP contribution is -2.22. The monoisotopic (exact) mass is 487 g/mol. The number of amides is 2. The van der Waals surface area contributed by atoms with Gasteiger partial charge < -0.3 is 5.11 Å². The van der Waals surface area contributed by atoms with Crippen molar-refractivity contribution in [2.75, 3.05) is 7.05 Å². The smallest absolute Gasteiger partial charge is 0.293 e. The first kappa shape index (κ1) is 14.1.